The van der Waals surface area contributed by atoms with Crippen molar-refractivity contribution >= 4 is 5.97 Å². The van der Waals surface area contributed by atoms with Gasteiger partial charge >= 0.3 is 5.97 Å². The topological polar surface area (TPSA) is 35.5 Å². The summed E-state index contributed by atoms with van der Waals surface area (Å²) in [7, 11) is 0. The second-order valence-corrected chi connectivity index (χ2v) is 3.24. The van der Waals surface area contributed by atoms with Crippen LogP contribution in [0.3, 0.4) is 0 Å². The Morgan fingerprint density at radius 3 is 2.75 bits per heavy atom. The number of carbonyl (C=O) groups excluding carboxylic acids is 1. The summed E-state index contributed by atoms with van der Waals surface area (Å²) in [5.41, 5.74) is -1.71. The molecule has 0 radical (unpaired) electrons. The molecule has 1 aliphatic heterocycles. The van der Waals surface area contributed by atoms with Gasteiger partial charge in [0.15, 0.2) is 0 Å². The van der Waals surface area contributed by atoms with Gasteiger partial charge in [0.2, 0.25) is 5.67 Å². The number of hydrogen-bond acceptors (Lipinski definition) is 3. The first kappa shape index (κ1) is 7.98. The largest absolute Gasteiger partial charge is 0.464 e. The first-order chi connectivity index (χ1) is 5.71. The second-order valence-electron chi connectivity index (χ2n) is 3.24. The van der Waals surface area contributed by atoms with Gasteiger partial charge in [0.1, 0.15) is 0 Å². The van der Waals surface area contributed by atoms with E-state index in [-0.39, 0.29) is 18.4 Å². The lowest BCUT2D eigenvalue weighted by molar-refractivity contribution is -0.153. The molecule has 2 rings (SSSR count). The Morgan fingerprint density at radius 2 is 2.25 bits per heavy atom. The van der Waals surface area contributed by atoms with Crippen LogP contribution < -0.4 is 0 Å². The number of esters is 1. The third kappa shape index (κ3) is 0.813. The van der Waals surface area contributed by atoms with Crippen molar-refractivity contribution in [1.82, 2.24) is 0 Å². The molecule has 0 aromatic carbocycles. The highest BCUT2D eigenvalue weighted by Crippen LogP contribution is 2.58. The summed E-state index contributed by atoms with van der Waals surface area (Å²) in [4.78, 5) is 11.1. The minimum Gasteiger partial charge on any atom is -0.464 e. The van der Waals surface area contributed by atoms with Crippen LogP contribution in [0.5, 0.6) is 0 Å². The van der Waals surface area contributed by atoms with E-state index < -0.39 is 11.6 Å². The van der Waals surface area contributed by atoms with Crippen LogP contribution in [0.15, 0.2) is 0 Å². The van der Waals surface area contributed by atoms with E-state index in [9.17, 15) is 9.18 Å². The van der Waals surface area contributed by atoms with E-state index in [1.165, 1.54) is 0 Å². The molecule has 12 heavy (non-hydrogen) atoms. The van der Waals surface area contributed by atoms with Crippen LogP contribution in [0.25, 0.3) is 0 Å². The predicted molar refractivity (Wildman–Crippen MR) is 38.3 cm³/mol. The summed E-state index contributed by atoms with van der Waals surface area (Å²) in [6, 6.07) is 0. The molecule has 0 N–H and O–H groups in total. The highest BCUT2D eigenvalue weighted by atomic mass is 19.1. The lowest BCUT2D eigenvalue weighted by atomic mass is 10.2. The summed E-state index contributed by atoms with van der Waals surface area (Å²) >= 11 is 0. The maximum atomic E-state index is 13.6. The third-order valence-electron chi connectivity index (χ3n) is 2.64. The van der Waals surface area contributed by atoms with Gasteiger partial charge in [-0.05, 0) is 6.92 Å². The standard InChI is InChI=1S/C8H11FO3/c1-2-12-7(10)8(9)5-3-11-4-6(5)8/h5-6H,2-4H2,1H3/t5-,6+,8?. The summed E-state index contributed by atoms with van der Waals surface area (Å²) in [6.45, 7) is 2.64. The second kappa shape index (κ2) is 2.42. The molecule has 4 heteroatoms. The average Bonchev–Trinajstić information content (AvgIpc) is 2.52. The van der Waals surface area contributed by atoms with E-state index in [2.05, 4.69) is 4.74 Å². The number of ether oxygens (including phenoxy) is 2. The number of fused-ring (bicyclic) bond motifs is 1. The van der Waals surface area contributed by atoms with Crippen molar-refractivity contribution in [1.29, 1.82) is 0 Å². The van der Waals surface area contributed by atoms with Crippen LogP contribution in [0.2, 0.25) is 0 Å². The zero-order valence-electron chi connectivity index (χ0n) is 6.88. The molecule has 0 amide bonds. The van der Waals surface area contributed by atoms with Crippen LogP contribution in [-0.2, 0) is 14.3 Å². The molecule has 1 aliphatic carbocycles. The van der Waals surface area contributed by atoms with Crippen LogP contribution in [-0.4, -0.2) is 31.5 Å². The first-order valence-electron chi connectivity index (χ1n) is 4.15. The number of rotatable bonds is 2. The van der Waals surface area contributed by atoms with Crippen LogP contribution in [0.1, 0.15) is 6.92 Å². The first-order valence-corrected chi connectivity index (χ1v) is 4.15. The summed E-state index contributed by atoms with van der Waals surface area (Å²) in [5.74, 6) is -1.18. The Labute approximate surface area is 69.8 Å². The molecule has 0 aromatic heterocycles. The molecular formula is C8H11FO3. The molecule has 1 saturated heterocycles. The fourth-order valence-corrected chi connectivity index (χ4v) is 1.84. The highest BCUT2D eigenvalue weighted by molar-refractivity contribution is 5.84. The van der Waals surface area contributed by atoms with Gasteiger partial charge in [0.05, 0.1) is 19.8 Å². The fraction of sp³-hybridized carbons (Fsp3) is 0.875. The van der Waals surface area contributed by atoms with Crippen molar-refractivity contribution in [3.63, 3.8) is 0 Å². The van der Waals surface area contributed by atoms with Crippen molar-refractivity contribution in [2.24, 2.45) is 11.8 Å². The maximum absolute atomic E-state index is 13.6. The van der Waals surface area contributed by atoms with E-state index in [1.807, 2.05) is 0 Å². The van der Waals surface area contributed by atoms with E-state index >= 15 is 0 Å². The maximum Gasteiger partial charge on any atom is 0.344 e. The molecule has 1 heterocycles. The Balaban J connectivity index is 2.01. The zero-order valence-corrected chi connectivity index (χ0v) is 6.88. The van der Waals surface area contributed by atoms with Crippen molar-refractivity contribution in [3.05, 3.63) is 0 Å². The van der Waals surface area contributed by atoms with E-state index in [1.54, 1.807) is 6.92 Å². The number of alkyl halides is 1. The van der Waals surface area contributed by atoms with Crippen molar-refractivity contribution in [3.8, 4) is 0 Å². The monoisotopic (exact) mass is 174 g/mol. The van der Waals surface area contributed by atoms with Crippen molar-refractivity contribution in [2.45, 2.75) is 12.6 Å². The van der Waals surface area contributed by atoms with Crippen molar-refractivity contribution < 1.29 is 18.7 Å². The molecule has 1 unspecified atom stereocenters. The van der Waals surface area contributed by atoms with Crippen LogP contribution in [0.4, 0.5) is 4.39 Å². The number of carbonyl (C=O) groups is 1. The molecule has 2 fully saturated rings. The van der Waals surface area contributed by atoms with Gasteiger partial charge in [-0.25, -0.2) is 9.18 Å². The number of halogens is 1. The Morgan fingerprint density at radius 1 is 1.67 bits per heavy atom. The SMILES string of the molecule is CCOC(=O)C1(F)[C@@H]2COC[C@@H]21. The summed E-state index contributed by atoms with van der Waals surface area (Å²) in [6.07, 6.45) is 0. The fourth-order valence-electron chi connectivity index (χ4n) is 1.84. The molecule has 1 saturated carbocycles. The minimum atomic E-state index is -1.71. The molecule has 0 aromatic rings. The number of hydrogen-bond donors (Lipinski definition) is 0. The third-order valence-corrected chi connectivity index (χ3v) is 2.64. The average molecular weight is 174 g/mol. The van der Waals surface area contributed by atoms with E-state index in [4.69, 9.17) is 4.74 Å². The van der Waals surface area contributed by atoms with Gasteiger partial charge in [-0.15, -0.1) is 0 Å². The molecular weight excluding hydrogens is 163 g/mol. The molecule has 3 nitrogen and oxygen atoms in total. The lowest BCUT2D eigenvalue weighted by Gasteiger charge is -2.09. The summed E-state index contributed by atoms with van der Waals surface area (Å²) in [5, 5.41) is 0. The molecule has 68 valence electrons. The van der Waals surface area contributed by atoms with Gasteiger partial charge in [0, 0.05) is 11.8 Å². The predicted octanol–water partition coefficient (Wildman–Crippen LogP) is 0.534. The lowest BCUT2D eigenvalue weighted by Crippen LogP contribution is -2.28. The highest BCUT2D eigenvalue weighted by Gasteiger charge is 2.74. The van der Waals surface area contributed by atoms with Gasteiger partial charge < -0.3 is 9.47 Å². The quantitative estimate of drug-likeness (QED) is 0.573. The smallest absolute Gasteiger partial charge is 0.344 e. The van der Waals surface area contributed by atoms with Gasteiger partial charge in [0.25, 0.3) is 0 Å². The molecule has 2 aliphatic rings. The molecule has 0 spiro atoms. The minimum absolute atomic E-state index is 0.239. The van der Waals surface area contributed by atoms with Gasteiger partial charge in [-0.2, -0.15) is 0 Å². The molecule has 0 bridgehead atoms. The Bertz CT molecular complexity index is 206. The van der Waals surface area contributed by atoms with Crippen molar-refractivity contribution in [2.75, 3.05) is 19.8 Å². The van der Waals surface area contributed by atoms with Crippen LogP contribution >= 0.6 is 0 Å². The van der Waals surface area contributed by atoms with Gasteiger partial charge in [-0.3, -0.25) is 0 Å². The Hall–Kier alpha value is -0.640. The molecule has 3 atom stereocenters. The Kier molecular flexibility index (Phi) is 1.61. The van der Waals surface area contributed by atoms with E-state index in [0.29, 0.717) is 13.2 Å². The van der Waals surface area contributed by atoms with Crippen LogP contribution in [0, 0.1) is 11.8 Å². The zero-order chi connectivity index (χ0) is 8.77. The van der Waals surface area contributed by atoms with E-state index in [0.717, 1.165) is 0 Å². The summed E-state index contributed by atoms with van der Waals surface area (Å²) < 4.78 is 23.3. The normalized spacial score (nSPS) is 43.8. The van der Waals surface area contributed by atoms with Gasteiger partial charge in [-0.1, -0.05) is 0 Å².